The number of hydrogen-bond acceptors (Lipinski definition) is 4. The zero-order chi connectivity index (χ0) is 23.7. The van der Waals surface area contributed by atoms with Crippen molar-refractivity contribution in [3.63, 3.8) is 0 Å². The van der Waals surface area contributed by atoms with Gasteiger partial charge < -0.3 is 9.80 Å². The van der Waals surface area contributed by atoms with Crippen LogP contribution in [0.4, 0.5) is 14.5 Å². The first-order chi connectivity index (χ1) is 16.5. The molecule has 0 atom stereocenters. The van der Waals surface area contributed by atoms with Crippen molar-refractivity contribution in [3.05, 3.63) is 106 Å². The molecular weight excluding hydrogens is 438 g/mol. The number of hydrogen-bond donors (Lipinski definition) is 1. The van der Waals surface area contributed by atoms with Crippen molar-refractivity contribution in [2.45, 2.75) is 6.42 Å². The van der Waals surface area contributed by atoms with Gasteiger partial charge in [0, 0.05) is 43.7 Å². The number of nitrogens with zero attached hydrogens (tertiary/aromatic N) is 3. The molecule has 0 radical (unpaired) electrons. The van der Waals surface area contributed by atoms with Crippen molar-refractivity contribution in [2.75, 3.05) is 31.1 Å². The molecule has 1 aliphatic rings. The molecule has 2 heterocycles. The van der Waals surface area contributed by atoms with E-state index < -0.39 is 5.82 Å². The number of nitrogens with one attached hydrogen (secondary N) is 1. The first kappa shape index (κ1) is 21.8. The van der Waals surface area contributed by atoms with E-state index in [1.54, 1.807) is 41.3 Å². The summed E-state index contributed by atoms with van der Waals surface area (Å²) in [6, 6.07) is 17.9. The van der Waals surface area contributed by atoms with E-state index in [0.717, 1.165) is 16.6 Å². The number of carbonyl (C=O) groups excluding carboxylic acids is 1. The molecule has 1 aliphatic heterocycles. The Kier molecular flexibility index (Phi) is 5.79. The summed E-state index contributed by atoms with van der Waals surface area (Å²) in [6.45, 7) is 2.02. The summed E-state index contributed by atoms with van der Waals surface area (Å²) in [4.78, 5) is 28.9. The Labute approximate surface area is 194 Å². The van der Waals surface area contributed by atoms with Crippen LogP contribution in [0.3, 0.4) is 0 Å². The van der Waals surface area contributed by atoms with Crippen LogP contribution in [0.5, 0.6) is 0 Å². The molecular formula is C26H22F2N4O2. The van der Waals surface area contributed by atoms with Crippen LogP contribution in [0.2, 0.25) is 0 Å². The van der Waals surface area contributed by atoms with Crippen molar-refractivity contribution in [2.24, 2.45) is 0 Å². The van der Waals surface area contributed by atoms with Gasteiger partial charge in [-0.25, -0.2) is 13.9 Å². The molecule has 0 spiro atoms. The van der Waals surface area contributed by atoms with Crippen LogP contribution in [0.1, 0.15) is 21.6 Å². The lowest BCUT2D eigenvalue weighted by atomic mass is 10.0. The highest BCUT2D eigenvalue weighted by atomic mass is 19.1. The van der Waals surface area contributed by atoms with E-state index in [1.165, 1.54) is 18.2 Å². The fraction of sp³-hybridized carbons (Fsp3) is 0.192. The first-order valence-electron chi connectivity index (χ1n) is 11.0. The van der Waals surface area contributed by atoms with Crippen molar-refractivity contribution in [3.8, 4) is 0 Å². The number of rotatable bonds is 4. The molecule has 1 aromatic heterocycles. The normalized spacial score (nSPS) is 13.9. The van der Waals surface area contributed by atoms with Crippen LogP contribution in [0, 0.1) is 11.6 Å². The van der Waals surface area contributed by atoms with E-state index in [1.807, 2.05) is 12.1 Å². The zero-order valence-electron chi connectivity index (χ0n) is 18.3. The third-order valence-corrected chi connectivity index (χ3v) is 6.17. The molecule has 5 rings (SSSR count). The average molecular weight is 460 g/mol. The van der Waals surface area contributed by atoms with Gasteiger partial charge in [0.2, 0.25) is 0 Å². The number of fused-ring (bicyclic) bond motifs is 1. The van der Waals surface area contributed by atoms with E-state index in [4.69, 9.17) is 0 Å². The Bertz CT molecular complexity index is 1410. The predicted octanol–water partition coefficient (Wildman–Crippen LogP) is 3.75. The Morgan fingerprint density at radius 2 is 1.62 bits per heavy atom. The van der Waals surface area contributed by atoms with Crippen molar-refractivity contribution >= 4 is 22.4 Å². The first-order valence-corrected chi connectivity index (χ1v) is 11.0. The number of piperazine rings is 1. The monoisotopic (exact) mass is 460 g/mol. The molecule has 1 amide bonds. The highest BCUT2D eigenvalue weighted by Crippen LogP contribution is 2.21. The Morgan fingerprint density at radius 1 is 0.912 bits per heavy atom. The third-order valence-electron chi connectivity index (χ3n) is 6.17. The molecule has 0 aliphatic carbocycles. The third kappa shape index (κ3) is 4.26. The number of benzene rings is 3. The quantitative estimate of drug-likeness (QED) is 0.504. The van der Waals surface area contributed by atoms with Gasteiger partial charge in [-0.05, 0) is 48.0 Å². The molecule has 1 saturated heterocycles. The molecule has 1 N–H and O–H groups in total. The molecule has 0 unspecified atom stereocenters. The van der Waals surface area contributed by atoms with Crippen LogP contribution < -0.4 is 10.5 Å². The maximum atomic E-state index is 14.6. The summed E-state index contributed by atoms with van der Waals surface area (Å²) in [5.41, 5.74) is 2.00. The van der Waals surface area contributed by atoms with E-state index in [0.29, 0.717) is 43.7 Å². The lowest BCUT2D eigenvalue weighted by Gasteiger charge is -2.36. The SMILES string of the molecule is O=C(c1cc(Cc2n[nH]c(=O)c3ccccc23)ccc1F)N1CCN(c2ccc(F)cc2)CC1. The number of halogens is 2. The standard InChI is InChI=1S/C26H22F2N4O2/c27-18-6-8-19(9-7-18)31-11-13-32(14-12-31)26(34)22-15-17(5-10-23(22)28)16-24-20-3-1-2-4-21(20)25(33)30-29-24/h1-10,15H,11-14,16H2,(H,30,33). The predicted molar refractivity (Wildman–Crippen MR) is 126 cm³/mol. The zero-order valence-corrected chi connectivity index (χ0v) is 18.3. The lowest BCUT2D eigenvalue weighted by Crippen LogP contribution is -2.49. The van der Waals surface area contributed by atoms with E-state index in [2.05, 4.69) is 15.1 Å². The fourth-order valence-corrected chi connectivity index (χ4v) is 4.34. The van der Waals surface area contributed by atoms with Gasteiger partial charge >= 0.3 is 0 Å². The van der Waals surface area contributed by atoms with E-state index >= 15 is 0 Å². The summed E-state index contributed by atoms with van der Waals surface area (Å²) < 4.78 is 27.8. The molecule has 8 heteroatoms. The second-order valence-electron chi connectivity index (χ2n) is 8.29. The van der Waals surface area contributed by atoms with Gasteiger partial charge in [0.05, 0.1) is 16.6 Å². The Morgan fingerprint density at radius 3 is 2.35 bits per heavy atom. The number of carbonyl (C=O) groups is 1. The highest BCUT2D eigenvalue weighted by molar-refractivity contribution is 5.95. The van der Waals surface area contributed by atoms with Crippen LogP contribution in [0.25, 0.3) is 10.8 Å². The van der Waals surface area contributed by atoms with Gasteiger partial charge in [0.15, 0.2) is 0 Å². The van der Waals surface area contributed by atoms with E-state index in [9.17, 15) is 18.4 Å². The van der Waals surface area contributed by atoms with Crippen molar-refractivity contribution < 1.29 is 13.6 Å². The minimum atomic E-state index is -0.575. The molecule has 0 saturated carbocycles. The minimum Gasteiger partial charge on any atom is -0.368 e. The molecule has 4 aromatic rings. The molecule has 3 aromatic carbocycles. The smallest absolute Gasteiger partial charge is 0.272 e. The maximum Gasteiger partial charge on any atom is 0.272 e. The maximum absolute atomic E-state index is 14.6. The molecule has 0 bridgehead atoms. The summed E-state index contributed by atoms with van der Waals surface area (Å²) in [5.74, 6) is -1.23. The summed E-state index contributed by atoms with van der Waals surface area (Å²) >= 11 is 0. The average Bonchev–Trinajstić information content (AvgIpc) is 2.87. The molecule has 172 valence electrons. The van der Waals surface area contributed by atoms with Crippen molar-refractivity contribution in [1.29, 1.82) is 0 Å². The summed E-state index contributed by atoms with van der Waals surface area (Å²) in [5, 5.41) is 7.93. The largest absolute Gasteiger partial charge is 0.368 e. The van der Waals surface area contributed by atoms with Crippen LogP contribution in [-0.4, -0.2) is 47.2 Å². The van der Waals surface area contributed by atoms with Gasteiger partial charge in [-0.3, -0.25) is 9.59 Å². The highest BCUT2D eigenvalue weighted by Gasteiger charge is 2.25. The minimum absolute atomic E-state index is 0.0152. The fourth-order valence-electron chi connectivity index (χ4n) is 4.34. The number of amides is 1. The van der Waals surface area contributed by atoms with Gasteiger partial charge in [0.1, 0.15) is 11.6 Å². The topological polar surface area (TPSA) is 69.3 Å². The molecule has 1 fully saturated rings. The second kappa shape index (κ2) is 9.05. The molecule has 34 heavy (non-hydrogen) atoms. The Balaban J connectivity index is 1.33. The van der Waals surface area contributed by atoms with E-state index in [-0.39, 0.29) is 22.8 Å². The number of anilines is 1. The summed E-state index contributed by atoms with van der Waals surface area (Å²) in [6.07, 6.45) is 0.343. The van der Waals surface area contributed by atoms with Gasteiger partial charge in [0.25, 0.3) is 11.5 Å². The van der Waals surface area contributed by atoms with Crippen LogP contribution in [-0.2, 0) is 6.42 Å². The van der Waals surface area contributed by atoms with Gasteiger partial charge in [-0.1, -0.05) is 24.3 Å². The molecule has 6 nitrogen and oxygen atoms in total. The van der Waals surface area contributed by atoms with Crippen molar-refractivity contribution in [1.82, 2.24) is 15.1 Å². The number of H-pyrrole nitrogens is 1. The summed E-state index contributed by atoms with van der Waals surface area (Å²) in [7, 11) is 0. The number of aromatic nitrogens is 2. The van der Waals surface area contributed by atoms with Gasteiger partial charge in [-0.15, -0.1) is 0 Å². The Hall–Kier alpha value is -4.07. The lowest BCUT2D eigenvalue weighted by molar-refractivity contribution is 0.0742. The van der Waals surface area contributed by atoms with Gasteiger partial charge in [-0.2, -0.15) is 5.10 Å². The number of aromatic amines is 1. The van der Waals surface area contributed by atoms with Crippen LogP contribution >= 0.6 is 0 Å². The second-order valence-corrected chi connectivity index (χ2v) is 8.29. The van der Waals surface area contributed by atoms with Crippen LogP contribution in [0.15, 0.2) is 71.5 Å².